The number of halogens is 1. The summed E-state index contributed by atoms with van der Waals surface area (Å²) in [5.74, 6) is -0.407. The molecular formula is C22H21ClN2O3S. The predicted molar refractivity (Wildman–Crippen MR) is 117 cm³/mol. The molecule has 3 aromatic rings. The smallest absolute Gasteiger partial charge is 0.262 e. The zero-order valence-electron chi connectivity index (χ0n) is 16.3. The summed E-state index contributed by atoms with van der Waals surface area (Å²) in [7, 11) is -3.87. The molecule has 3 rings (SSSR count). The summed E-state index contributed by atoms with van der Waals surface area (Å²) >= 11 is 5.85. The van der Waals surface area contributed by atoms with E-state index in [1.807, 2.05) is 19.9 Å². The Bertz CT molecular complexity index is 1170. The van der Waals surface area contributed by atoms with Gasteiger partial charge >= 0.3 is 0 Å². The van der Waals surface area contributed by atoms with Gasteiger partial charge < -0.3 is 5.32 Å². The molecule has 0 radical (unpaired) electrons. The highest BCUT2D eigenvalue weighted by molar-refractivity contribution is 7.92. The first-order chi connectivity index (χ1) is 13.7. The highest BCUT2D eigenvalue weighted by Gasteiger charge is 2.20. The first-order valence-electron chi connectivity index (χ1n) is 8.94. The van der Waals surface area contributed by atoms with Gasteiger partial charge in [0.05, 0.1) is 10.6 Å². The lowest BCUT2D eigenvalue weighted by molar-refractivity contribution is 0.102. The topological polar surface area (TPSA) is 75.3 Å². The van der Waals surface area contributed by atoms with Crippen LogP contribution in [-0.4, -0.2) is 14.3 Å². The van der Waals surface area contributed by atoms with Gasteiger partial charge in [0.2, 0.25) is 0 Å². The number of carbonyl (C=O) groups is 1. The van der Waals surface area contributed by atoms with Crippen molar-refractivity contribution >= 4 is 38.9 Å². The number of aryl methyl sites for hydroxylation is 2. The summed E-state index contributed by atoms with van der Waals surface area (Å²) in [6, 6.07) is 16.7. The molecule has 29 heavy (non-hydrogen) atoms. The van der Waals surface area contributed by atoms with E-state index in [0.717, 1.165) is 11.1 Å². The van der Waals surface area contributed by atoms with Gasteiger partial charge in [-0.15, -0.1) is 0 Å². The monoisotopic (exact) mass is 428 g/mol. The second-order valence-corrected chi connectivity index (χ2v) is 8.88. The van der Waals surface area contributed by atoms with Crippen molar-refractivity contribution in [1.82, 2.24) is 0 Å². The fraction of sp³-hybridized carbons (Fsp3) is 0.136. The highest BCUT2D eigenvalue weighted by atomic mass is 35.5. The first-order valence-corrected chi connectivity index (χ1v) is 10.8. The van der Waals surface area contributed by atoms with Crippen LogP contribution in [0.5, 0.6) is 0 Å². The van der Waals surface area contributed by atoms with Gasteiger partial charge in [0, 0.05) is 16.3 Å². The number of benzene rings is 3. The molecule has 0 saturated carbocycles. The summed E-state index contributed by atoms with van der Waals surface area (Å²) < 4.78 is 28.6. The number of sulfonamides is 1. The lowest BCUT2D eigenvalue weighted by Crippen LogP contribution is -2.17. The number of anilines is 2. The SMILES string of the molecule is Cc1ccc(C(=O)Nc2ccc(Cl)cc2)cc1S(=O)(=O)Nc1cccc(C)c1C. The summed E-state index contributed by atoms with van der Waals surface area (Å²) in [5.41, 5.74) is 3.71. The molecule has 0 unspecified atom stereocenters. The fourth-order valence-electron chi connectivity index (χ4n) is 2.83. The maximum Gasteiger partial charge on any atom is 0.262 e. The second-order valence-electron chi connectivity index (χ2n) is 6.79. The number of rotatable bonds is 5. The fourth-order valence-corrected chi connectivity index (χ4v) is 4.35. The van der Waals surface area contributed by atoms with Crippen molar-refractivity contribution in [3.05, 3.63) is 87.9 Å². The highest BCUT2D eigenvalue weighted by Crippen LogP contribution is 2.25. The van der Waals surface area contributed by atoms with Gasteiger partial charge in [0.15, 0.2) is 0 Å². The van der Waals surface area contributed by atoms with Crippen LogP contribution >= 0.6 is 11.6 Å². The Kier molecular flexibility index (Phi) is 5.96. The molecule has 0 saturated heterocycles. The Hall–Kier alpha value is -2.83. The molecular weight excluding hydrogens is 408 g/mol. The molecule has 0 aromatic heterocycles. The van der Waals surface area contributed by atoms with Crippen molar-refractivity contribution in [3.63, 3.8) is 0 Å². The molecule has 1 amide bonds. The van der Waals surface area contributed by atoms with Crippen LogP contribution in [0, 0.1) is 20.8 Å². The molecule has 0 heterocycles. The van der Waals surface area contributed by atoms with Crippen LogP contribution in [0.25, 0.3) is 0 Å². The van der Waals surface area contributed by atoms with E-state index >= 15 is 0 Å². The second kappa shape index (κ2) is 8.27. The minimum Gasteiger partial charge on any atom is -0.322 e. The zero-order chi connectivity index (χ0) is 21.2. The van der Waals surface area contributed by atoms with Crippen molar-refractivity contribution < 1.29 is 13.2 Å². The van der Waals surface area contributed by atoms with E-state index in [4.69, 9.17) is 11.6 Å². The van der Waals surface area contributed by atoms with Gasteiger partial charge in [0.25, 0.3) is 15.9 Å². The summed E-state index contributed by atoms with van der Waals surface area (Å²) in [4.78, 5) is 12.6. The minimum atomic E-state index is -3.87. The van der Waals surface area contributed by atoms with E-state index in [-0.39, 0.29) is 10.5 Å². The number of nitrogens with one attached hydrogen (secondary N) is 2. The van der Waals surface area contributed by atoms with Crippen molar-refractivity contribution in [3.8, 4) is 0 Å². The Morgan fingerprint density at radius 1 is 0.897 bits per heavy atom. The quantitative estimate of drug-likeness (QED) is 0.577. The van der Waals surface area contributed by atoms with Gasteiger partial charge in [-0.25, -0.2) is 8.42 Å². The summed E-state index contributed by atoms with van der Waals surface area (Å²) in [5, 5.41) is 3.30. The molecule has 0 spiro atoms. The van der Waals surface area contributed by atoms with E-state index in [9.17, 15) is 13.2 Å². The van der Waals surface area contributed by atoms with Crippen LogP contribution in [0.1, 0.15) is 27.0 Å². The van der Waals surface area contributed by atoms with Crippen LogP contribution < -0.4 is 10.0 Å². The van der Waals surface area contributed by atoms with Gasteiger partial charge in [-0.3, -0.25) is 9.52 Å². The average molecular weight is 429 g/mol. The Balaban J connectivity index is 1.90. The third-order valence-electron chi connectivity index (χ3n) is 4.69. The maximum absolute atomic E-state index is 13.0. The van der Waals surface area contributed by atoms with E-state index in [1.165, 1.54) is 6.07 Å². The van der Waals surface area contributed by atoms with Gasteiger partial charge in [0.1, 0.15) is 0 Å². The van der Waals surface area contributed by atoms with E-state index in [0.29, 0.717) is 22.0 Å². The van der Waals surface area contributed by atoms with Gasteiger partial charge in [-0.1, -0.05) is 29.8 Å². The average Bonchev–Trinajstić information content (AvgIpc) is 2.67. The van der Waals surface area contributed by atoms with E-state index < -0.39 is 15.9 Å². The van der Waals surface area contributed by atoms with Crippen molar-refractivity contribution in [2.75, 3.05) is 10.0 Å². The first kappa shape index (κ1) is 20.9. The molecule has 0 fully saturated rings. The molecule has 0 aliphatic rings. The van der Waals surface area contributed by atoms with Crippen LogP contribution in [0.15, 0.2) is 65.6 Å². The van der Waals surface area contributed by atoms with E-state index in [1.54, 1.807) is 55.5 Å². The lowest BCUT2D eigenvalue weighted by atomic mass is 10.1. The Morgan fingerprint density at radius 2 is 1.59 bits per heavy atom. The normalized spacial score (nSPS) is 11.2. The number of amides is 1. The zero-order valence-corrected chi connectivity index (χ0v) is 17.9. The molecule has 3 aromatic carbocycles. The predicted octanol–water partition coefficient (Wildman–Crippen LogP) is 5.32. The van der Waals surface area contributed by atoms with Crippen LogP contribution in [-0.2, 0) is 10.0 Å². The van der Waals surface area contributed by atoms with Crippen molar-refractivity contribution in [2.24, 2.45) is 0 Å². The lowest BCUT2D eigenvalue weighted by Gasteiger charge is -2.14. The van der Waals surface area contributed by atoms with Crippen LogP contribution in [0.3, 0.4) is 0 Å². The standard InChI is InChI=1S/C22H21ClN2O3S/c1-14-5-4-6-20(16(14)3)25-29(27,28)21-13-17(8-7-15(21)2)22(26)24-19-11-9-18(23)10-12-19/h4-13,25H,1-3H3,(H,24,26). The summed E-state index contributed by atoms with van der Waals surface area (Å²) in [6.07, 6.45) is 0. The summed E-state index contributed by atoms with van der Waals surface area (Å²) in [6.45, 7) is 5.47. The van der Waals surface area contributed by atoms with E-state index in [2.05, 4.69) is 10.0 Å². The van der Waals surface area contributed by atoms with Gasteiger partial charge in [-0.05, 0) is 79.9 Å². The van der Waals surface area contributed by atoms with Crippen molar-refractivity contribution in [2.45, 2.75) is 25.7 Å². The molecule has 7 heteroatoms. The molecule has 0 bridgehead atoms. The molecule has 5 nitrogen and oxygen atoms in total. The molecule has 0 aliphatic carbocycles. The third kappa shape index (κ3) is 4.78. The molecule has 0 atom stereocenters. The maximum atomic E-state index is 13.0. The number of hydrogen-bond acceptors (Lipinski definition) is 3. The third-order valence-corrected chi connectivity index (χ3v) is 6.45. The molecule has 2 N–H and O–H groups in total. The van der Waals surface area contributed by atoms with Crippen molar-refractivity contribution in [1.29, 1.82) is 0 Å². The largest absolute Gasteiger partial charge is 0.322 e. The number of carbonyl (C=O) groups excluding carboxylic acids is 1. The van der Waals surface area contributed by atoms with Crippen LogP contribution in [0.2, 0.25) is 5.02 Å². The minimum absolute atomic E-state index is 0.0576. The van der Waals surface area contributed by atoms with Gasteiger partial charge in [-0.2, -0.15) is 0 Å². The molecule has 0 aliphatic heterocycles. The Morgan fingerprint density at radius 3 is 2.28 bits per heavy atom. The number of hydrogen-bond donors (Lipinski definition) is 2. The Labute approximate surface area is 175 Å². The van der Waals surface area contributed by atoms with Crippen LogP contribution in [0.4, 0.5) is 11.4 Å². The molecule has 150 valence electrons.